The Morgan fingerprint density at radius 3 is 2.07 bits per heavy atom. The van der Waals surface area contributed by atoms with Gasteiger partial charge in [0.1, 0.15) is 23.9 Å². The second-order valence-corrected chi connectivity index (χ2v) is 14.0. The van der Waals surface area contributed by atoms with Crippen LogP contribution in [0, 0.1) is 5.41 Å². The molecule has 0 fully saturated rings. The van der Waals surface area contributed by atoms with Crippen LogP contribution in [-0.2, 0) is 19.9 Å². The summed E-state index contributed by atoms with van der Waals surface area (Å²) in [6.45, 7) is 1.90. The van der Waals surface area contributed by atoms with Crippen molar-refractivity contribution in [3.63, 3.8) is 0 Å². The fourth-order valence-electron chi connectivity index (χ4n) is 7.60. The number of rotatable bonds is 14. The zero-order valence-electron chi connectivity index (χ0n) is 31.2. The number of esters is 1. The molecule has 0 bridgehead atoms. The highest BCUT2D eigenvalue weighted by Crippen LogP contribution is 2.50. The minimum absolute atomic E-state index is 0.110. The molecule has 2 aliphatic rings. The van der Waals surface area contributed by atoms with Gasteiger partial charge in [0.2, 0.25) is 0 Å². The maximum atomic E-state index is 14.8. The standard InChI is InChI=1S/C46H45N3O6/c1-45(26-24-32(25-27-45)43(31-14-6-4-7-15-31)49-48-42(50)30-54-33-16-8-5-9-17-33)46(47,40-23-22-34(52-2)28-41(40)53-3)44(51)55-29-39-37-20-12-10-18-35(37)36-19-11-13-21-38(36)39/h4-26,28,39,43,49H,27,29-30,47H2,1-3H3,(H,48,50). The van der Waals surface area contributed by atoms with Crippen molar-refractivity contribution < 1.29 is 28.5 Å². The third-order valence-electron chi connectivity index (χ3n) is 10.7. The number of hydrazine groups is 1. The molecule has 0 saturated heterocycles. The largest absolute Gasteiger partial charge is 0.497 e. The molecule has 0 saturated carbocycles. The Morgan fingerprint density at radius 1 is 0.818 bits per heavy atom. The Morgan fingerprint density at radius 2 is 1.45 bits per heavy atom. The molecule has 7 rings (SSSR count). The van der Waals surface area contributed by atoms with Gasteiger partial charge in [-0.25, -0.2) is 10.2 Å². The molecule has 3 unspecified atom stereocenters. The zero-order chi connectivity index (χ0) is 38.4. The highest BCUT2D eigenvalue weighted by Gasteiger charge is 2.54. The van der Waals surface area contributed by atoms with Crippen molar-refractivity contribution in [2.75, 3.05) is 27.4 Å². The molecule has 55 heavy (non-hydrogen) atoms. The number of carbonyl (C=O) groups is 2. The first-order valence-electron chi connectivity index (χ1n) is 18.3. The molecule has 5 aromatic rings. The lowest BCUT2D eigenvalue weighted by Gasteiger charge is -2.44. The number of hydrogen-bond acceptors (Lipinski definition) is 8. The Kier molecular flexibility index (Phi) is 10.9. The molecule has 0 heterocycles. The van der Waals surface area contributed by atoms with Crippen molar-refractivity contribution in [3.8, 4) is 28.4 Å². The summed E-state index contributed by atoms with van der Waals surface area (Å²) in [6.07, 6.45) is 6.33. The number of amides is 1. The predicted octanol–water partition coefficient (Wildman–Crippen LogP) is 7.55. The molecule has 9 nitrogen and oxygen atoms in total. The van der Waals surface area contributed by atoms with Crippen molar-refractivity contribution in [3.05, 3.63) is 173 Å². The molecule has 280 valence electrons. The van der Waals surface area contributed by atoms with Gasteiger partial charge >= 0.3 is 5.97 Å². The van der Waals surface area contributed by atoms with E-state index in [-0.39, 0.29) is 25.0 Å². The van der Waals surface area contributed by atoms with Crippen molar-refractivity contribution in [2.24, 2.45) is 11.1 Å². The lowest BCUT2D eigenvalue weighted by atomic mass is 9.63. The SMILES string of the molecule is COc1ccc(C(N)(C(=O)OCC2c3ccccc3-c3ccccc32)C2(C)C=CC(C(NNC(=O)COc3ccccc3)c3ccccc3)=CC2)c(OC)c1. The third kappa shape index (κ3) is 7.36. The maximum absolute atomic E-state index is 14.8. The molecule has 0 aliphatic heterocycles. The van der Waals surface area contributed by atoms with Crippen molar-refractivity contribution in [1.29, 1.82) is 0 Å². The molecule has 9 heteroatoms. The molecule has 2 aliphatic carbocycles. The van der Waals surface area contributed by atoms with Crippen LogP contribution < -0.4 is 30.8 Å². The normalized spacial score (nSPS) is 17.5. The fourth-order valence-corrected chi connectivity index (χ4v) is 7.60. The maximum Gasteiger partial charge on any atom is 0.331 e. The van der Waals surface area contributed by atoms with Gasteiger partial charge in [-0.05, 0) is 64.1 Å². The summed E-state index contributed by atoms with van der Waals surface area (Å²) in [5.41, 5.74) is 17.6. The van der Waals surface area contributed by atoms with Crippen molar-refractivity contribution in [2.45, 2.75) is 30.8 Å². The van der Waals surface area contributed by atoms with Crippen LogP contribution in [0.4, 0.5) is 0 Å². The van der Waals surface area contributed by atoms with Gasteiger partial charge in [-0.15, -0.1) is 0 Å². The number of para-hydroxylation sites is 1. The molecular formula is C46H45N3O6. The van der Waals surface area contributed by atoms with Gasteiger partial charge in [0.05, 0.1) is 20.3 Å². The molecule has 3 atom stereocenters. The van der Waals surface area contributed by atoms with E-state index in [9.17, 15) is 9.59 Å². The van der Waals surface area contributed by atoms with Gasteiger partial charge in [-0.1, -0.05) is 122 Å². The van der Waals surface area contributed by atoms with Crippen LogP contribution in [0.2, 0.25) is 0 Å². The minimum atomic E-state index is -1.69. The summed E-state index contributed by atoms with van der Waals surface area (Å²) < 4.78 is 23.3. The summed E-state index contributed by atoms with van der Waals surface area (Å²) in [5, 5.41) is 0. The van der Waals surface area contributed by atoms with Gasteiger partial charge in [0.15, 0.2) is 12.1 Å². The molecule has 0 spiro atoms. The highest BCUT2D eigenvalue weighted by molar-refractivity contribution is 5.86. The summed E-state index contributed by atoms with van der Waals surface area (Å²) in [4.78, 5) is 27.7. The van der Waals surface area contributed by atoms with Crippen LogP contribution in [-0.4, -0.2) is 39.3 Å². The van der Waals surface area contributed by atoms with E-state index >= 15 is 0 Å². The second-order valence-electron chi connectivity index (χ2n) is 14.0. The smallest absolute Gasteiger partial charge is 0.331 e. The fraction of sp³-hybridized carbons (Fsp3) is 0.217. The lowest BCUT2D eigenvalue weighted by molar-refractivity contribution is -0.155. The van der Waals surface area contributed by atoms with Crippen molar-refractivity contribution >= 4 is 11.9 Å². The lowest BCUT2D eigenvalue weighted by Crippen LogP contribution is -2.57. The zero-order valence-corrected chi connectivity index (χ0v) is 31.2. The average molecular weight is 736 g/mol. The van der Waals surface area contributed by atoms with Gasteiger partial charge < -0.3 is 24.7 Å². The number of fused-ring (bicyclic) bond motifs is 3. The number of nitrogens with one attached hydrogen (secondary N) is 2. The van der Waals surface area contributed by atoms with E-state index in [0.717, 1.165) is 33.4 Å². The monoisotopic (exact) mass is 735 g/mol. The predicted molar refractivity (Wildman–Crippen MR) is 212 cm³/mol. The second kappa shape index (κ2) is 16.1. The van der Waals surface area contributed by atoms with Gasteiger partial charge in [0.25, 0.3) is 5.91 Å². The Labute approximate surface area is 321 Å². The summed E-state index contributed by atoms with van der Waals surface area (Å²) in [5.74, 6) is 0.511. The quantitative estimate of drug-likeness (QED) is 0.0791. The number of hydrogen-bond donors (Lipinski definition) is 3. The van der Waals surface area contributed by atoms with E-state index in [4.69, 9.17) is 24.7 Å². The van der Waals surface area contributed by atoms with E-state index in [2.05, 4.69) is 35.1 Å². The van der Waals surface area contributed by atoms with E-state index < -0.39 is 23.0 Å². The van der Waals surface area contributed by atoms with E-state index in [0.29, 0.717) is 29.2 Å². The van der Waals surface area contributed by atoms with E-state index in [1.807, 2.05) is 97.9 Å². The van der Waals surface area contributed by atoms with Crippen LogP contribution in [0.5, 0.6) is 17.2 Å². The number of nitrogens with two attached hydrogens (primary N) is 1. The van der Waals surface area contributed by atoms with Crippen LogP contribution in [0.1, 0.15) is 47.6 Å². The van der Waals surface area contributed by atoms with Gasteiger partial charge in [-0.2, -0.15) is 0 Å². The number of carbonyl (C=O) groups excluding carboxylic acids is 2. The average Bonchev–Trinajstić information content (AvgIpc) is 3.56. The molecule has 4 N–H and O–H groups in total. The number of benzene rings is 5. The molecule has 0 aromatic heterocycles. The van der Waals surface area contributed by atoms with E-state index in [1.54, 1.807) is 44.6 Å². The first kappa shape index (κ1) is 37.2. The molecule has 1 amide bonds. The summed E-state index contributed by atoms with van der Waals surface area (Å²) in [7, 11) is 3.12. The Hall–Kier alpha value is -6.16. The first-order chi connectivity index (χ1) is 26.8. The Bertz CT molecular complexity index is 2180. The highest BCUT2D eigenvalue weighted by atomic mass is 16.5. The van der Waals surface area contributed by atoms with Crippen LogP contribution in [0.25, 0.3) is 11.1 Å². The topological polar surface area (TPSA) is 121 Å². The summed E-state index contributed by atoms with van der Waals surface area (Å²) in [6, 6.07) is 40.3. The number of methoxy groups -OCH3 is 2. The van der Waals surface area contributed by atoms with Gasteiger partial charge in [-0.3, -0.25) is 10.2 Å². The van der Waals surface area contributed by atoms with Crippen LogP contribution >= 0.6 is 0 Å². The first-order valence-corrected chi connectivity index (χ1v) is 18.3. The Balaban J connectivity index is 1.17. The molecular weight excluding hydrogens is 691 g/mol. The minimum Gasteiger partial charge on any atom is -0.497 e. The number of allylic oxidation sites excluding steroid dienone is 1. The summed E-state index contributed by atoms with van der Waals surface area (Å²) >= 11 is 0. The number of ether oxygens (including phenoxy) is 4. The molecule has 5 aromatic carbocycles. The van der Waals surface area contributed by atoms with Gasteiger partial charge in [0, 0.05) is 23.0 Å². The third-order valence-corrected chi connectivity index (χ3v) is 10.7. The van der Waals surface area contributed by atoms with Crippen molar-refractivity contribution in [1.82, 2.24) is 10.9 Å². The van der Waals surface area contributed by atoms with Crippen LogP contribution in [0.15, 0.2) is 151 Å². The van der Waals surface area contributed by atoms with Crippen LogP contribution in [0.3, 0.4) is 0 Å². The molecule has 0 radical (unpaired) electrons. The van der Waals surface area contributed by atoms with E-state index in [1.165, 1.54) is 0 Å².